The molecule has 0 spiro atoms. The summed E-state index contributed by atoms with van der Waals surface area (Å²) >= 11 is 0. The Morgan fingerprint density at radius 1 is 1.48 bits per heavy atom. The van der Waals surface area contributed by atoms with Crippen molar-refractivity contribution in [3.63, 3.8) is 0 Å². The molecule has 0 bridgehead atoms. The Kier molecular flexibility index (Phi) is 4.96. The van der Waals surface area contributed by atoms with E-state index >= 15 is 0 Å². The highest BCUT2D eigenvalue weighted by atomic mass is 16.8. The molecule has 2 aliphatic rings. The van der Waals surface area contributed by atoms with Crippen LogP contribution in [0.4, 0.5) is 0 Å². The SMILES string of the molecule is COC1CC(CN2CCc3c[c]ccc3C2C(N)=O)C(OC)O1. The van der Waals surface area contributed by atoms with Gasteiger partial charge < -0.3 is 19.9 Å². The molecule has 1 fully saturated rings. The zero-order chi connectivity index (χ0) is 16.4. The predicted octanol–water partition coefficient (Wildman–Crippen LogP) is 0.853. The second-order valence-corrected chi connectivity index (χ2v) is 6.08. The third-order valence-electron chi connectivity index (χ3n) is 4.72. The summed E-state index contributed by atoms with van der Waals surface area (Å²) < 4.78 is 16.4. The molecule has 0 aliphatic carbocycles. The van der Waals surface area contributed by atoms with Crippen LogP contribution in [0, 0.1) is 12.0 Å². The lowest BCUT2D eigenvalue weighted by atomic mass is 9.91. The first-order valence-corrected chi connectivity index (χ1v) is 7.87. The van der Waals surface area contributed by atoms with E-state index in [2.05, 4.69) is 11.0 Å². The molecule has 2 heterocycles. The van der Waals surface area contributed by atoms with Gasteiger partial charge in [0.2, 0.25) is 5.91 Å². The van der Waals surface area contributed by atoms with E-state index in [1.807, 2.05) is 18.2 Å². The maximum absolute atomic E-state index is 12.1. The highest BCUT2D eigenvalue weighted by Crippen LogP contribution is 2.34. The van der Waals surface area contributed by atoms with Gasteiger partial charge in [0.25, 0.3) is 0 Å². The van der Waals surface area contributed by atoms with Crippen molar-refractivity contribution in [1.29, 1.82) is 0 Å². The fraction of sp³-hybridized carbons (Fsp3) is 0.588. The Labute approximate surface area is 136 Å². The molecule has 125 valence electrons. The lowest BCUT2D eigenvalue weighted by Crippen LogP contribution is -2.45. The fourth-order valence-electron chi connectivity index (χ4n) is 3.62. The van der Waals surface area contributed by atoms with Crippen LogP contribution in [-0.4, -0.2) is 50.7 Å². The molecule has 1 aromatic rings. The molecule has 23 heavy (non-hydrogen) atoms. The lowest BCUT2D eigenvalue weighted by Gasteiger charge is -2.37. The summed E-state index contributed by atoms with van der Waals surface area (Å²) in [5, 5.41) is 0. The van der Waals surface area contributed by atoms with E-state index in [0.717, 1.165) is 30.5 Å². The summed E-state index contributed by atoms with van der Waals surface area (Å²) in [5.41, 5.74) is 7.82. The largest absolute Gasteiger partial charge is 0.368 e. The summed E-state index contributed by atoms with van der Waals surface area (Å²) in [5.74, 6) is -0.183. The maximum Gasteiger partial charge on any atom is 0.239 e. The van der Waals surface area contributed by atoms with Crippen LogP contribution in [0.15, 0.2) is 18.2 Å². The number of hydrogen-bond donors (Lipinski definition) is 1. The van der Waals surface area contributed by atoms with E-state index in [9.17, 15) is 4.79 Å². The number of primary amides is 1. The van der Waals surface area contributed by atoms with Crippen LogP contribution in [0.3, 0.4) is 0 Å². The summed E-state index contributed by atoms with van der Waals surface area (Å²) in [4.78, 5) is 14.2. The minimum absolute atomic E-state index is 0.142. The van der Waals surface area contributed by atoms with E-state index in [0.29, 0.717) is 6.54 Å². The molecule has 1 amide bonds. The van der Waals surface area contributed by atoms with Gasteiger partial charge in [-0.25, -0.2) is 0 Å². The molecule has 6 heteroatoms. The number of benzene rings is 1. The average molecular weight is 319 g/mol. The molecule has 6 nitrogen and oxygen atoms in total. The summed E-state index contributed by atoms with van der Waals surface area (Å²) in [6.07, 6.45) is 1.05. The van der Waals surface area contributed by atoms with Crippen LogP contribution in [0.2, 0.25) is 0 Å². The smallest absolute Gasteiger partial charge is 0.239 e. The maximum atomic E-state index is 12.1. The number of fused-ring (bicyclic) bond motifs is 1. The highest BCUT2D eigenvalue weighted by molar-refractivity contribution is 5.82. The standard InChI is InChI=1S/C17H23N2O4/c1-21-14-9-12(17(22-2)23-14)10-19-8-7-11-5-3-4-6-13(11)15(19)16(18)20/h4-6,12,14-15,17H,7-10H2,1-2H3,(H2,18,20). The van der Waals surface area contributed by atoms with Gasteiger partial charge in [0.15, 0.2) is 12.6 Å². The van der Waals surface area contributed by atoms with Crippen molar-refractivity contribution in [2.24, 2.45) is 11.7 Å². The third-order valence-corrected chi connectivity index (χ3v) is 4.72. The van der Waals surface area contributed by atoms with Gasteiger partial charge in [-0.15, -0.1) is 0 Å². The first-order chi connectivity index (χ1) is 11.1. The number of carbonyl (C=O) groups is 1. The molecular weight excluding hydrogens is 296 g/mol. The van der Waals surface area contributed by atoms with E-state index in [4.69, 9.17) is 19.9 Å². The Morgan fingerprint density at radius 3 is 3.00 bits per heavy atom. The zero-order valence-corrected chi connectivity index (χ0v) is 13.5. The molecule has 4 atom stereocenters. The van der Waals surface area contributed by atoms with Crippen molar-refractivity contribution in [1.82, 2.24) is 4.90 Å². The van der Waals surface area contributed by atoms with Crippen molar-refractivity contribution < 1.29 is 19.0 Å². The quantitative estimate of drug-likeness (QED) is 0.871. The molecule has 0 aromatic heterocycles. The molecule has 3 rings (SSSR count). The third kappa shape index (κ3) is 3.26. The van der Waals surface area contributed by atoms with Crippen LogP contribution in [0.1, 0.15) is 23.6 Å². The number of amides is 1. The van der Waals surface area contributed by atoms with Gasteiger partial charge in [0, 0.05) is 39.6 Å². The fourth-order valence-corrected chi connectivity index (χ4v) is 3.62. The molecule has 0 saturated carbocycles. The summed E-state index contributed by atoms with van der Waals surface area (Å²) in [7, 11) is 3.25. The van der Waals surface area contributed by atoms with Crippen LogP contribution in [-0.2, 0) is 25.4 Å². The molecule has 4 unspecified atom stereocenters. The van der Waals surface area contributed by atoms with Crippen LogP contribution < -0.4 is 5.73 Å². The number of rotatable bonds is 5. The predicted molar refractivity (Wildman–Crippen MR) is 83.3 cm³/mol. The summed E-state index contributed by atoms with van der Waals surface area (Å²) in [6.45, 7) is 1.47. The number of carbonyl (C=O) groups excluding carboxylic acids is 1. The Hall–Kier alpha value is -1.47. The Morgan fingerprint density at radius 2 is 2.30 bits per heavy atom. The van der Waals surface area contributed by atoms with Crippen molar-refractivity contribution in [3.8, 4) is 0 Å². The van der Waals surface area contributed by atoms with Crippen LogP contribution in [0.5, 0.6) is 0 Å². The van der Waals surface area contributed by atoms with E-state index in [1.54, 1.807) is 14.2 Å². The molecule has 1 aromatic carbocycles. The normalized spacial score (nSPS) is 31.0. The van der Waals surface area contributed by atoms with E-state index in [-0.39, 0.29) is 24.4 Å². The Balaban J connectivity index is 1.78. The van der Waals surface area contributed by atoms with Crippen molar-refractivity contribution in [2.75, 3.05) is 27.3 Å². The zero-order valence-electron chi connectivity index (χ0n) is 13.5. The molecule has 2 aliphatic heterocycles. The number of hydrogen-bond acceptors (Lipinski definition) is 5. The van der Waals surface area contributed by atoms with E-state index in [1.165, 1.54) is 0 Å². The van der Waals surface area contributed by atoms with Gasteiger partial charge >= 0.3 is 0 Å². The number of nitrogens with zero attached hydrogens (tertiary/aromatic N) is 1. The van der Waals surface area contributed by atoms with Gasteiger partial charge in [-0.1, -0.05) is 18.2 Å². The topological polar surface area (TPSA) is 74.0 Å². The number of methoxy groups -OCH3 is 2. The minimum Gasteiger partial charge on any atom is -0.368 e. The van der Waals surface area contributed by atoms with Gasteiger partial charge in [-0.3, -0.25) is 9.69 Å². The van der Waals surface area contributed by atoms with Gasteiger partial charge in [-0.2, -0.15) is 0 Å². The lowest BCUT2D eigenvalue weighted by molar-refractivity contribution is -0.194. The summed E-state index contributed by atoms with van der Waals surface area (Å²) in [6, 6.07) is 8.37. The second-order valence-electron chi connectivity index (χ2n) is 6.08. The van der Waals surface area contributed by atoms with Gasteiger partial charge in [-0.05, 0) is 23.6 Å². The monoisotopic (exact) mass is 319 g/mol. The number of ether oxygens (including phenoxy) is 3. The van der Waals surface area contributed by atoms with Crippen LogP contribution in [0.25, 0.3) is 0 Å². The molecule has 1 radical (unpaired) electrons. The Bertz CT molecular complexity index is 565. The first kappa shape index (κ1) is 16.4. The van der Waals surface area contributed by atoms with E-state index < -0.39 is 6.04 Å². The first-order valence-electron chi connectivity index (χ1n) is 7.87. The van der Waals surface area contributed by atoms with Crippen LogP contribution >= 0.6 is 0 Å². The van der Waals surface area contributed by atoms with Crippen molar-refractivity contribution in [2.45, 2.75) is 31.5 Å². The minimum atomic E-state index is -0.410. The highest BCUT2D eigenvalue weighted by Gasteiger charge is 2.40. The number of nitrogens with two attached hydrogens (primary N) is 1. The molecule has 1 saturated heterocycles. The van der Waals surface area contributed by atoms with Gasteiger partial charge in [0.1, 0.15) is 6.04 Å². The second kappa shape index (κ2) is 6.97. The van der Waals surface area contributed by atoms with Gasteiger partial charge in [0.05, 0.1) is 0 Å². The molecule has 2 N–H and O–H groups in total. The average Bonchev–Trinajstić information content (AvgIpc) is 2.96. The van der Waals surface area contributed by atoms with Crippen molar-refractivity contribution in [3.05, 3.63) is 35.4 Å². The van der Waals surface area contributed by atoms with Crippen molar-refractivity contribution >= 4 is 5.91 Å². The molecular formula is C17H23N2O4.